The maximum Gasteiger partial charge on any atom is 0.233 e. The molecule has 0 atom stereocenters. The number of amides is 1. The third-order valence-electron chi connectivity index (χ3n) is 2.46. The van der Waals surface area contributed by atoms with Crippen molar-refractivity contribution in [1.29, 1.82) is 0 Å². The minimum absolute atomic E-state index is 0.0127. The fraction of sp³-hybridized carbons (Fsp3) is 0.333. The molecule has 0 bridgehead atoms. The van der Waals surface area contributed by atoms with Gasteiger partial charge >= 0.3 is 0 Å². The Bertz CT molecular complexity index is 492. The van der Waals surface area contributed by atoms with E-state index in [0.29, 0.717) is 19.6 Å². The second-order valence-corrected chi connectivity index (χ2v) is 4.75. The highest BCUT2D eigenvalue weighted by atomic mass is 32.1. The molecule has 96 valence electrons. The van der Waals surface area contributed by atoms with Gasteiger partial charge in [-0.1, -0.05) is 6.07 Å². The highest BCUT2D eigenvalue weighted by Gasteiger charge is 2.08. The Hall–Kier alpha value is -1.66. The van der Waals surface area contributed by atoms with Gasteiger partial charge in [-0.2, -0.15) is 5.10 Å². The van der Waals surface area contributed by atoms with Crippen molar-refractivity contribution < 1.29 is 4.79 Å². The predicted molar refractivity (Wildman–Crippen MR) is 72.3 cm³/mol. The van der Waals surface area contributed by atoms with Gasteiger partial charge in [0.05, 0.1) is 23.3 Å². The summed E-state index contributed by atoms with van der Waals surface area (Å²) in [6.45, 7) is 3.51. The van der Waals surface area contributed by atoms with Crippen molar-refractivity contribution in [2.24, 2.45) is 0 Å². The summed E-state index contributed by atoms with van der Waals surface area (Å²) in [7, 11) is 0. The van der Waals surface area contributed by atoms with Gasteiger partial charge in [0, 0.05) is 18.7 Å². The molecule has 0 saturated heterocycles. The minimum Gasteiger partial charge on any atom is -0.355 e. The van der Waals surface area contributed by atoms with Crippen LogP contribution in [0.4, 0.5) is 0 Å². The maximum absolute atomic E-state index is 11.3. The highest BCUT2D eigenvalue weighted by molar-refractivity contribution is 7.13. The molecule has 0 unspecified atom stereocenters. The molecule has 2 heterocycles. The van der Waals surface area contributed by atoms with Crippen LogP contribution in [0.3, 0.4) is 0 Å². The minimum atomic E-state index is 0.0127. The molecule has 0 spiro atoms. The summed E-state index contributed by atoms with van der Waals surface area (Å²) in [6, 6.07) is 4.05. The Kier molecular flexibility index (Phi) is 4.49. The van der Waals surface area contributed by atoms with E-state index in [0.717, 1.165) is 16.1 Å². The van der Waals surface area contributed by atoms with Gasteiger partial charge < -0.3 is 10.6 Å². The molecule has 2 aromatic rings. The molecule has 0 fully saturated rings. The molecule has 0 aliphatic carbocycles. The molecule has 6 heteroatoms. The van der Waals surface area contributed by atoms with Crippen molar-refractivity contribution >= 4 is 17.2 Å². The molecule has 18 heavy (non-hydrogen) atoms. The largest absolute Gasteiger partial charge is 0.355 e. The van der Waals surface area contributed by atoms with E-state index in [1.807, 2.05) is 24.4 Å². The zero-order valence-corrected chi connectivity index (χ0v) is 11.0. The van der Waals surface area contributed by atoms with Crippen LogP contribution in [0.1, 0.15) is 12.5 Å². The quantitative estimate of drug-likeness (QED) is 0.738. The Balaban J connectivity index is 1.91. The van der Waals surface area contributed by atoms with E-state index in [9.17, 15) is 4.79 Å². The van der Waals surface area contributed by atoms with Gasteiger partial charge in [0.1, 0.15) is 0 Å². The number of nitrogens with zero attached hydrogens (tertiary/aromatic N) is 1. The molecule has 3 N–H and O–H groups in total. The number of carbonyl (C=O) groups excluding carboxylic acids is 1. The van der Waals surface area contributed by atoms with E-state index in [1.54, 1.807) is 17.5 Å². The van der Waals surface area contributed by atoms with Crippen LogP contribution in [0.2, 0.25) is 0 Å². The van der Waals surface area contributed by atoms with E-state index in [2.05, 4.69) is 20.8 Å². The number of likely N-dealkylation sites (N-methyl/N-ethyl adjacent to an activating group) is 1. The average molecular weight is 264 g/mol. The van der Waals surface area contributed by atoms with Crippen molar-refractivity contribution in [1.82, 2.24) is 20.8 Å². The Labute approximate surface area is 110 Å². The van der Waals surface area contributed by atoms with E-state index in [-0.39, 0.29) is 5.91 Å². The van der Waals surface area contributed by atoms with Gasteiger partial charge in [-0.15, -0.1) is 11.3 Å². The topological polar surface area (TPSA) is 69.8 Å². The van der Waals surface area contributed by atoms with Crippen LogP contribution in [0, 0.1) is 0 Å². The zero-order chi connectivity index (χ0) is 12.8. The molecule has 0 saturated carbocycles. The monoisotopic (exact) mass is 264 g/mol. The van der Waals surface area contributed by atoms with Crippen molar-refractivity contribution in [2.45, 2.75) is 13.5 Å². The number of aromatic amines is 1. The van der Waals surface area contributed by atoms with Gasteiger partial charge in [-0.3, -0.25) is 9.89 Å². The normalized spacial score (nSPS) is 10.5. The first-order chi connectivity index (χ1) is 8.81. The van der Waals surface area contributed by atoms with Crippen LogP contribution in [-0.4, -0.2) is 29.2 Å². The van der Waals surface area contributed by atoms with E-state index < -0.39 is 0 Å². The molecular formula is C12H16N4OS. The third-order valence-corrected chi connectivity index (χ3v) is 3.35. The van der Waals surface area contributed by atoms with Crippen molar-refractivity contribution in [2.75, 3.05) is 13.1 Å². The van der Waals surface area contributed by atoms with Crippen molar-refractivity contribution in [3.63, 3.8) is 0 Å². The van der Waals surface area contributed by atoms with Gasteiger partial charge in [-0.05, 0) is 18.4 Å². The lowest BCUT2D eigenvalue weighted by atomic mass is 10.2. The Morgan fingerprint density at radius 1 is 1.56 bits per heavy atom. The van der Waals surface area contributed by atoms with Crippen LogP contribution in [-0.2, 0) is 11.3 Å². The van der Waals surface area contributed by atoms with Gasteiger partial charge in [0.2, 0.25) is 5.91 Å². The number of hydrogen-bond acceptors (Lipinski definition) is 4. The van der Waals surface area contributed by atoms with Crippen molar-refractivity contribution in [3.05, 3.63) is 29.3 Å². The van der Waals surface area contributed by atoms with E-state index in [4.69, 9.17) is 0 Å². The van der Waals surface area contributed by atoms with Crippen LogP contribution < -0.4 is 10.6 Å². The summed E-state index contributed by atoms with van der Waals surface area (Å²) in [5.74, 6) is 0.0127. The number of thiophene rings is 1. The summed E-state index contributed by atoms with van der Waals surface area (Å²) >= 11 is 1.66. The van der Waals surface area contributed by atoms with Gasteiger partial charge in [0.15, 0.2) is 0 Å². The third kappa shape index (κ3) is 3.18. The summed E-state index contributed by atoms with van der Waals surface area (Å²) < 4.78 is 0. The summed E-state index contributed by atoms with van der Waals surface area (Å²) in [4.78, 5) is 12.4. The first kappa shape index (κ1) is 12.8. The number of aromatic nitrogens is 2. The number of H-pyrrole nitrogens is 1. The van der Waals surface area contributed by atoms with Crippen molar-refractivity contribution in [3.8, 4) is 10.6 Å². The standard InChI is InChI=1S/C12H16N4OS/c1-2-14-11(17)8-13-6-9-7-15-16-12(9)10-4-3-5-18-10/h3-5,7,13H,2,6,8H2,1H3,(H,14,17)(H,15,16). The first-order valence-corrected chi connectivity index (χ1v) is 6.72. The number of nitrogens with one attached hydrogen (secondary N) is 3. The molecular weight excluding hydrogens is 248 g/mol. The van der Waals surface area contributed by atoms with Crippen LogP contribution in [0.15, 0.2) is 23.7 Å². The predicted octanol–water partition coefficient (Wildman–Crippen LogP) is 1.36. The second-order valence-electron chi connectivity index (χ2n) is 3.80. The van der Waals surface area contributed by atoms with Crippen LogP contribution in [0.25, 0.3) is 10.6 Å². The average Bonchev–Trinajstić information content (AvgIpc) is 2.98. The number of rotatable bonds is 6. The zero-order valence-electron chi connectivity index (χ0n) is 10.2. The molecule has 2 aromatic heterocycles. The molecule has 0 aliphatic heterocycles. The first-order valence-electron chi connectivity index (χ1n) is 5.84. The smallest absolute Gasteiger partial charge is 0.233 e. The summed E-state index contributed by atoms with van der Waals surface area (Å²) in [5.41, 5.74) is 2.09. The second kappa shape index (κ2) is 6.32. The summed E-state index contributed by atoms with van der Waals surface area (Å²) in [5, 5.41) is 14.9. The lowest BCUT2D eigenvalue weighted by Gasteiger charge is -2.04. The number of hydrogen-bond donors (Lipinski definition) is 3. The fourth-order valence-electron chi connectivity index (χ4n) is 1.65. The van der Waals surface area contributed by atoms with Gasteiger partial charge in [-0.25, -0.2) is 0 Å². The Morgan fingerprint density at radius 3 is 3.17 bits per heavy atom. The van der Waals surface area contributed by atoms with E-state index >= 15 is 0 Å². The van der Waals surface area contributed by atoms with Gasteiger partial charge in [0.25, 0.3) is 0 Å². The molecule has 0 radical (unpaired) electrons. The Morgan fingerprint density at radius 2 is 2.44 bits per heavy atom. The highest BCUT2D eigenvalue weighted by Crippen LogP contribution is 2.25. The van der Waals surface area contributed by atoms with Crippen LogP contribution >= 0.6 is 11.3 Å². The SMILES string of the molecule is CCNC(=O)CNCc1cn[nH]c1-c1cccs1. The molecule has 0 aliphatic rings. The number of carbonyl (C=O) groups is 1. The molecule has 5 nitrogen and oxygen atoms in total. The molecule has 2 rings (SSSR count). The lowest BCUT2D eigenvalue weighted by Crippen LogP contribution is -2.33. The lowest BCUT2D eigenvalue weighted by molar-refractivity contribution is -0.120. The fourth-order valence-corrected chi connectivity index (χ4v) is 2.41. The van der Waals surface area contributed by atoms with Crippen LogP contribution in [0.5, 0.6) is 0 Å². The van der Waals surface area contributed by atoms with E-state index in [1.165, 1.54) is 0 Å². The molecule has 0 aromatic carbocycles. The maximum atomic E-state index is 11.3. The summed E-state index contributed by atoms with van der Waals surface area (Å²) in [6.07, 6.45) is 1.79. The molecule has 1 amide bonds.